The van der Waals surface area contributed by atoms with E-state index in [0.717, 1.165) is 0 Å². The average molecular weight is 417 g/mol. The molecule has 3 heterocycles. The number of carbonyl (C=O) groups is 2. The van der Waals surface area contributed by atoms with Crippen molar-refractivity contribution in [2.45, 2.75) is 20.3 Å². The number of halogens is 2. The number of carbonyl (C=O) groups excluding carboxylic acids is 2. The number of nitrogens with zero attached hydrogens (tertiary/aromatic N) is 3. The maximum absolute atomic E-state index is 12.8. The SMILES string of the molecule is Cc1cc(C(=O)N2CCN(C(=O)Nc3ccc4nc(C(F)F)[nH]c4c3)CC2)c(C)o1. The normalized spacial score (nSPS) is 14.6. The van der Waals surface area contributed by atoms with Crippen molar-refractivity contribution in [2.75, 3.05) is 31.5 Å². The van der Waals surface area contributed by atoms with Gasteiger partial charge in [0.05, 0.1) is 16.6 Å². The molecule has 0 radical (unpaired) electrons. The van der Waals surface area contributed by atoms with Crippen molar-refractivity contribution in [3.63, 3.8) is 0 Å². The van der Waals surface area contributed by atoms with E-state index >= 15 is 0 Å². The van der Waals surface area contributed by atoms with Gasteiger partial charge in [0.2, 0.25) is 0 Å². The highest BCUT2D eigenvalue weighted by atomic mass is 19.3. The zero-order valence-electron chi connectivity index (χ0n) is 16.5. The van der Waals surface area contributed by atoms with Crippen LogP contribution < -0.4 is 5.32 Å². The van der Waals surface area contributed by atoms with Gasteiger partial charge in [-0.3, -0.25) is 4.79 Å². The maximum Gasteiger partial charge on any atom is 0.321 e. The van der Waals surface area contributed by atoms with Crippen molar-refractivity contribution in [1.82, 2.24) is 19.8 Å². The lowest BCUT2D eigenvalue weighted by atomic mass is 10.2. The predicted molar refractivity (Wildman–Crippen MR) is 106 cm³/mol. The van der Waals surface area contributed by atoms with Gasteiger partial charge in [0, 0.05) is 31.9 Å². The van der Waals surface area contributed by atoms with E-state index in [1.54, 1.807) is 47.9 Å². The number of rotatable bonds is 3. The summed E-state index contributed by atoms with van der Waals surface area (Å²) in [6.07, 6.45) is -2.69. The highest BCUT2D eigenvalue weighted by molar-refractivity contribution is 5.96. The lowest BCUT2D eigenvalue weighted by Gasteiger charge is -2.34. The Kier molecular flexibility index (Phi) is 5.15. The molecule has 8 nitrogen and oxygen atoms in total. The van der Waals surface area contributed by atoms with Crippen LogP contribution in [0, 0.1) is 13.8 Å². The molecule has 1 aliphatic heterocycles. The van der Waals surface area contributed by atoms with Crippen LogP contribution in [0.1, 0.15) is 34.1 Å². The van der Waals surface area contributed by atoms with Crippen LogP contribution in [0.15, 0.2) is 28.7 Å². The first kappa shape index (κ1) is 19.9. The lowest BCUT2D eigenvalue weighted by Crippen LogP contribution is -2.51. The summed E-state index contributed by atoms with van der Waals surface area (Å²) in [5, 5.41) is 2.76. The molecule has 0 atom stereocenters. The quantitative estimate of drug-likeness (QED) is 0.679. The van der Waals surface area contributed by atoms with Gasteiger partial charge in [0.1, 0.15) is 11.5 Å². The number of fused-ring (bicyclic) bond motifs is 1. The van der Waals surface area contributed by atoms with Crippen LogP contribution in [-0.2, 0) is 0 Å². The summed E-state index contributed by atoms with van der Waals surface area (Å²) in [6, 6.07) is 6.15. The third kappa shape index (κ3) is 3.85. The molecular weight excluding hydrogens is 396 g/mol. The second-order valence-electron chi connectivity index (χ2n) is 7.19. The number of amides is 3. The number of furan rings is 1. The lowest BCUT2D eigenvalue weighted by molar-refractivity contribution is 0.0670. The molecule has 3 amide bonds. The largest absolute Gasteiger partial charge is 0.466 e. The number of nitrogens with one attached hydrogen (secondary N) is 2. The molecule has 10 heteroatoms. The summed E-state index contributed by atoms with van der Waals surface area (Å²) in [7, 11) is 0. The van der Waals surface area contributed by atoms with Gasteiger partial charge in [0.15, 0.2) is 5.82 Å². The van der Waals surface area contributed by atoms with Crippen molar-refractivity contribution in [1.29, 1.82) is 0 Å². The molecule has 30 heavy (non-hydrogen) atoms. The number of hydrogen-bond acceptors (Lipinski definition) is 4. The maximum atomic E-state index is 12.8. The number of H-pyrrole nitrogens is 1. The first-order chi connectivity index (χ1) is 14.3. The Morgan fingerprint density at radius 3 is 2.47 bits per heavy atom. The van der Waals surface area contributed by atoms with Crippen molar-refractivity contribution >= 4 is 28.7 Å². The van der Waals surface area contributed by atoms with Crippen LogP contribution in [-0.4, -0.2) is 57.9 Å². The second-order valence-corrected chi connectivity index (χ2v) is 7.19. The number of imidazole rings is 1. The molecule has 1 fully saturated rings. The number of urea groups is 1. The van der Waals surface area contributed by atoms with Crippen LogP contribution in [0.3, 0.4) is 0 Å². The van der Waals surface area contributed by atoms with Gasteiger partial charge in [-0.05, 0) is 38.1 Å². The van der Waals surface area contributed by atoms with E-state index in [1.165, 1.54) is 0 Å². The smallest absolute Gasteiger partial charge is 0.321 e. The summed E-state index contributed by atoms with van der Waals surface area (Å²) < 4.78 is 31.0. The molecule has 0 spiro atoms. The monoisotopic (exact) mass is 417 g/mol. The minimum atomic E-state index is -2.69. The van der Waals surface area contributed by atoms with Gasteiger partial charge in [-0.25, -0.2) is 18.6 Å². The van der Waals surface area contributed by atoms with E-state index in [2.05, 4.69) is 15.3 Å². The van der Waals surface area contributed by atoms with Crippen LogP contribution in [0.5, 0.6) is 0 Å². The topological polar surface area (TPSA) is 94.5 Å². The summed E-state index contributed by atoms with van der Waals surface area (Å²) in [5.74, 6) is 0.756. The van der Waals surface area contributed by atoms with Crippen molar-refractivity contribution < 1.29 is 22.8 Å². The van der Waals surface area contributed by atoms with Crippen LogP contribution >= 0.6 is 0 Å². The Morgan fingerprint density at radius 1 is 1.13 bits per heavy atom. The Hall–Kier alpha value is -3.43. The number of alkyl halides is 2. The zero-order valence-corrected chi connectivity index (χ0v) is 16.5. The second kappa shape index (κ2) is 7.77. The van der Waals surface area contributed by atoms with E-state index in [-0.39, 0.29) is 11.9 Å². The minimum Gasteiger partial charge on any atom is -0.466 e. The van der Waals surface area contributed by atoms with Gasteiger partial charge < -0.3 is 24.5 Å². The first-order valence-corrected chi connectivity index (χ1v) is 9.52. The number of piperazine rings is 1. The summed E-state index contributed by atoms with van der Waals surface area (Å²) in [4.78, 5) is 34.9. The number of anilines is 1. The van der Waals surface area contributed by atoms with E-state index in [1.807, 2.05) is 0 Å². The first-order valence-electron chi connectivity index (χ1n) is 9.52. The minimum absolute atomic E-state index is 0.107. The Labute approximate surface area is 170 Å². The summed E-state index contributed by atoms with van der Waals surface area (Å²) >= 11 is 0. The Morgan fingerprint density at radius 2 is 1.83 bits per heavy atom. The molecule has 1 aliphatic rings. The van der Waals surface area contributed by atoms with Gasteiger partial charge in [-0.1, -0.05) is 0 Å². The highest BCUT2D eigenvalue weighted by Crippen LogP contribution is 2.23. The van der Waals surface area contributed by atoms with Gasteiger partial charge >= 0.3 is 6.03 Å². The molecule has 1 saturated heterocycles. The van der Waals surface area contributed by atoms with Gasteiger partial charge in [-0.2, -0.15) is 0 Å². The molecule has 0 aliphatic carbocycles. The van der Waals surface area contributed by atoms with Crippen molar-refractivity contribution in [3.8, 4) is 0 Å². The number of aromatic amines is 1. The standard InChI is InChI=1S/C20H21F2N5O3/c1-11-9-14(12(2)30-11)19(28)26-5-7-27(8-6-26)20(29)23-13-3-4-15-16(10-13)25-18(24-15)17(21)22/h3-4,9-10,17H,5-8H2,1-2H3,(H,23,29)(H,24,25). The van der Waals surface area contributed by atoms with E-state index < -0.39 is 12.2 Å². The third-order valence-corrected chi connectivity index (χ3v) is 5.08. The number of benzene rings is 1. The predicted octanol–water partition coefficient (Wildman–Crippen LogP) is 3.70. The Bertz CT molecular complexity index is 1100. The molecule has 2 aromatic heterocycles. The van der Waals surface area contributed by atoms with E-state index in [9.17, 15) is 18.4 Å². The average Bonchev–Trinajstić information content (AvgIpc) is 3.29. The van der Waals surface area contributed by atoms with Crippen molar-refractivity contribution in [3.05, 3.63) is 47.2 Å². The van der Waals surface area contributed by atoms with Crippen LogP contribution in [0.25, 0.3) is 11.0 Å². The van der Waals surface area contributed by atoms with Gasteiger partial charge in [-0.15, -0.1) is 0 Å². The highest BCUT2D eigenvalue weighted by Gasteiger charge is 2.27. The molecule has 158 valence electrons. The summed E-state index contributed by atoms with van der Waals surface area (Å²) in [6.45, 7) is 5.14. The Balaban J connectivity index is 1.37. The van der Waals surface area contributed by atoms with E-state index in [0.29, 0.717) is 60.0 Å². The molecular formula is C20H21F2N5O3. The van der Waals surface area contributed by atoms with Gasteiger partial charge in [0.25, 0.3) is 12.3 Å². The molecule has 0 saturated carbocycles. The van der Waals surface area contributed by atoms with Crippen molar-refractivity contribution in [2.24, 2.45) is 0 Å². The molecule has 4 rings (SSSR count). The molecule has 0 unspecified atom stereocenters. The molecule has 0 bridgehead atoms. The zero-order chi connectivity index (χ0) is 21.4. The number of hydrogen-bond donors (Lipinski definition) is 2. The van der Waals surface area contributed by atoms with Crippen LogP contribution in [0.2, 0.25) is 0 Å². The fourth-order valence-corrected chi connectivity index (χ4v) is 3.54. The molecule has 1 aromatic carbocycles. The molecule has 3 aromatic rings. The summed E-state index contributed by atoms with van der Waals surface area (Å²) in [5.41, 5.74) is 1.84. The third-order valence-electron chi connectivity index (χ3n) is 5.08. The number of aryl methyl sites for hydroxylation is 2. The fraction of sp³-hybridized carbons (Fsp3) is 0.350. The molecule has 2 N–H and O–H groups in total. The fourth-order valence-electron chi connectivity index (χ4n) is 3.54. The number of aromatic nitrogens is 2. The van der Waals surface area contributed by atoms with Crippen LogP contribution in [0.4, 0.5) is 19.3 Å². The van der Waals surface area contributed by atoms with E-state index in [4.69, 9.17) is 4.42 Å².